The SMILES string of the molecule is Cn1ccnc1COc1ccc(C(=O)Nc2ccccc2NC(=O)c2ccccc2)cc1. The molecular weight excluding hydrogens is 404 g/mol. The molecule has 0 atom stereocenters. The molecule has 1 heterocycles. The number of amides is 2. The molecule has 4 aromatic rings. The van der Waals surface area contributed by atoms with Crippen molar-refractivity contribution in [1.29, 1.82) is 0 Å². The van der Waals surface area contributed by atoms with Crippen molar-refractivity contribution >= 4 is 23.2 Å². The number of anilines is 2. The third-order valence-electron chi connectivity index (χ3n) is 4.86. The number of nitrogens with one attached hydrogen (secondary N) is 2. The minimum absolute atomic E-state index is 0.249. The summed E-state index contributed by atoms with van der Waals surface area (Å²) < 4.78 is 7.61. The van der Waals surface area contributed by atoms with Gasteiger partial charge in [-0.25, -0.2) is 4.98 Å². The van der Waals surface area contributed by atoms with Crippen molar-refractivity contribution in [2.75, 3.05) is 10.6 Å². The average molecular weight is 426 g/mol. The van der Waals surface area contributed by atoms with E-state index in [2.05, 4.69) is 15.6 Å². The summed E-state index contributed by atoms with van der Waals surface area (Å²) in [6, 6.07) is 22.8. The number of hydrogen-bond donors (Lipinski definition) is 2. The van der Waals surface area contributed by atoms with Gasteiger partial charge in [0.25, 0.3) is 11.8 Å². The Bertz CT molecular complexity index is 1220. The normalized spacial score (nSPS) is 10.4. The number of para-hydroxylation sites is 2. The zero-order chi connectivity index (χ0) is 22.3. The van der Waals surface area contributed by atoms with Gasteiger partial charge in [-0.3, -0.25) is 9.59 Å². The first-order chi connectivity index (χ1) is 15.6. The molecule has 2 amide bonds. The third kappa shape index (κ3) is 5.02. The second kappa shape index (κ2) is 9.61. The summed E-state index contributed by atoms with van der Waals surface area (Å²) in [7, 11) is 1.90. The summed E-state index contributed by atoms with van der Waals surface area (Å²) in [4.78, 5) is 29.4. The van der Waals surface area contributed by atoms with E-state index in [0.717, 1.165) is 5.82 Å². The van der Waals surface area contributed by atoms with Gasteiger partial charge in [0.2, 0.25) is 0 Å². The summed E-state index contributed by atoms with van der Waals surface area (Å²) in [5, 5.41) is 5.70. The van der Waals surface area contributed by atoms with Gasteiger partial charge in [-0.1, -0.05) is 30.3 Å². The molecule has 7 nitrogen and oxygen atoms in total. The average Bonchev–Trinajstić information content (AvgIpc) is 3.24. The number of aromatic nitrogens is 2. The van der Waals surface area contributed by atoms with Gasteiger partial charge >= 0.3 is 0 Å². The van der Waals surface area contributed by atoms with Gasteiger partial charge in [-0.05, 0) is 48.5 Å². The monoisotopic (exact) mass is 426 g/mol. The molecule has 0 spiro atoms. The first kappa shape index (κ1) is 20.9. The van der Waals surface area contributed by atoms with Gasteiger partial charge in [0.1, 0.15) is 18.2 Å². The van der Waals surface area contributed by atoms with E-state index in [1.165, 1.54) is 0 Å². The predicted molar refractivity (Wildman–Crippen MR) is 123 cm³/mol. The van der Waals surface area contributed by atoms with Crippen LogP contribution in [0.2, 0.25) is 0 Å². The van der Waals surface area contributed by atoms with Crippen LogP contribution in [0.3, 0.4) is 0 Å². The number of imidazole rings is 1. The molecule has 2 N–H and O–H groups in total. The van der Waals surface area contributed by atoms with E-state index in [1.807, 2.05) is 23.9 Å². The maximum Gasteiger partial charge on any atom is 0.255 e. The molecule has 0 aliphatic carbocycles. The summed E-state index contributed by atoms with van der Waals surface area (Å²) in [5.74, 6) is 0.907. The smallest absolute Gasteiger partial charge is 0.255 e. The van der Waals surface area contributed by atoms with E-state index in [0.29, 0.717) is 34.9 Å². The molecule has 7 heteroatoms. The van der Waals surface area contributed by atoms with E-state index < -0.39 is 0 Å². The van der Waals surface area contributed by atoms with Gasteiger partial charge in [0, 0.05) is 30.6 Å². The van der Waals surface area contributed by atoms with Crippen LogP contribution in [0.15, 0.2) is 91.3 Å². The Labute approximate surface area is 185 Å². The maximum absolute atomic E-state index is 12.7. The molecule has 0 aliphatic rings. The molecule has 1 aromatic heterocycles. The topological polar surface area (TPSA) is 85.2 Å². The van der Waals surface area contributed by atoms with Crippen LogP contribution in [0.1, 0.15) is 26.5 Å². The zero-order valence-electron chi connectivity index (χ0n) is 17.5. The Morgan fingerprint density at radius 3 is 1.94 bits per heavy atom. The predicted octanol–water partition coefficient (Wildman–Crippen LogP) is 4.50. The van der Waals surface area contributed by atoms with Crippen molar-refractivity contribution in [3.8, 4) is 5.75 Å². The van der Waals surface area contributed by atoms with Crippen LogP contribution >= 0.6 is 0 Å². The van der Waals surface area contributed by atoms with E-state index in [-0.39, 0.29) is 11.8 Å². The highest BCUT2D eigenvalue weighted by atomic mass is 16.5. The minimum Gasteiger partial charge on any atom is -0.486 e. The molecule has 0 fully saturated rings. The van der Waals surface area contributed by atoms with Crippen molar-refractivity contribution in [1.82, 2.24) is 9.55 Å². The fraction of sp³-hybridized carbons (Fsp3) is 0.0800. The Hall–Kier alpha value is -4.39. The van der Waals surface area contributed by atoms with Gasteiger partial charge in [0.05, 0.1) is 11.4 Å². The number of benzene rings is 3. The van der Waals surface area contributed by atoms with E-state index >= 15 is 0 Å². The molecule has 0 aliphatic heterocycles. The molecule has 160 valence electrons. The molecule has 0 saturated heterocycles. The summed E-state index contributed by atoms with van der Waals surface area (Å²) in [6.45, 7) is 0.337. The fourth-order valence-electron chi connectivity index (χ4n) is 3.07. The molecule has 3 aromatic carbocycles. The second-order valence-corrected chi connectivity index (χ2v) is 7.09. The van der Waals surface area contributed by atoms with Crippen LogP contribution in [-0.4, -0.2) is 21.4 Å². The lowest BCUT2D eigenvalue weighted by molar-refractivity contribution is 0.101. The standard InChI is InChI=1S/C25H22N4O3/c1-29-16-15-26-23(29)17-32-20-13-11-19(12-14-20)25(31)28-22-10-6-5-9-21(22)27-24(30)18-7-3-2-4-8-18/h2-16H,17H2,1H3,(H,27,30)(H,28,31). The number of nitrogens with zero attached hydrogens (tertiary/aromatic N) is 2. The van der Waals surface area contributed by atoms with Crippen LogP contribution in [0.4, 0.5) is 11.4 Å². The van der Waals surface area contributed by atoms with Gasteiger partial charge in [-0.15, -0.1) is 0 Å². The number of aryl methyl sites for hydroxylation is 1. The minimum atomic E-state index is -0.290. The Balaban J connectivity index is 1.40. The van der Waals surface area contributed by atoms with Crippen LogP contribution < -0.4 is 15.4 Å². The Kier molecular flexibility index (Phi) is 6.27. The quantitative estimate of drug-likeness (QED) is 0.456. The first-order valence-electron chi connectivity index (χ1n) is 10.1. The van der Waals surface area contributed by atoms with E-state index in [4.69, 9.17) is 4.74 Å². The largest absolute Gasteiger partial charge is 0.486 e. The highest BCUT2D eigenvalue weighted by Crippen LogP contribution is 2.23. The number of ether oxygens (including phenoxy) is 1. The van der Waals surface area contributed by atoms with Crippen molar-refractivity contribution in [3.63, 3.8) is 0 Å². The van der Waals surface area contributed by atoms with Crippen LogP contribution in [-0.2, 0) is 13.7 Å². The molecule has 0 unspecified atom stereocenters. The van der Waals surface area contributed by atoms with Crippen LogP contribution in [0.25, 0.3) is 0 Å². The van der Waals surface area contributed by atoms with Gasteiger partial charge in [-0.2, -0.15) is 0 Å². The highest BCUT2D eigenvalue weighted by Gasteiger charge is 2.12. The summed E-state index contributed by atoms with van der Waals surface area (Å²) in [6.07, 6.45) is 3.57. The maximum atomic E-state index is 12.7. The van der Waals surface area contributed by atoms with Crippen molar-refractivity contribution < 1.29 is 14.3 Å². The van der Waals surface area contributed by atoms with E-state index in [9.17, 15) is 9.59 Å². The Morgan fingerprint density at radius 1 is 0.812 bits per heavy atom. The molecule has 4 rings (SSSR count). The van der Waals surface area contributed by atoms with E-state index in [1.54, 1.807) is 79.0 Å². The third-order valence-corrected chi connectivity index (χ3v) is 4.86. The van der Waals surface area contributed by atoms with Gasteiger partial charge < -0.3 is 19.9 Å². The fourth-order valence-corrected chi connectivity index (χ4v) is 3.07. The lowest BCUT2D eigenvalue weighted by Gasteiger charge is -2.13. The lowest BCUT2D eigenvalue weighted by atomic mass is 10.1. The lowest BCUT2D eigenvalue weighted by Crippen LogP contribution is -2.16. The second-order valence-electron chi connectivity index (χ2n) is 7.09. The van der Waals surface area contributed by atoms with Crippen molar-refractivity contribution in [3.05, 3.63) is 108 Å². The Morgan fingerprint density at radius 2 is 1.38 bits per heavy atom. The highest BCUT2D eigenvalue weighted by molar-refractivity contribution is 6.09. The number of carbonyl (C=O) groups excluding carboxylic acids is 2. The molecule has 0 saturated carbocycles. The summed E-state index contributed by atoms with van der Waals surface area (Å²) in [5.41, 5.74) is 2.04. The van der Waals surface area contributed by atoms with Crippen LogP contribution in [0.5, 0.6) is 5.75 Å². The number of rotatable bonds is 7. The molecule has 0 radical (unpaired) electrons. The number of carbonyl (C=O) groups is 2. The van der Waals surface area contributed by atoms with Crippen molar-refractivity contribution in [2.24, 2.45) is 7.05 Å². The van der Waals surface area contributed by atoms with Crippen LogP contribution in [0, 0.1) is 0 Å². The molecular formula is C25H22N4O3. The molecule has 0 bridgehead atoms. The first-order valence-corrected chi connectivity index (χ1v) is 10.1. The zero-order valence-corrected chi connectivity index (χ0v) is 17.5. The number of hydrogen-bond acceptors (Lipinski definition) is 4. The van der Waals surface area contributed by atoms with Crippen molar-refractivity contribution in [2.45, 2.75) is 6.61 Å². The molecule has 32 heavy (non-hydrogen) atoms. The summed E-state index contributed by atoms with van der Waals surface area (Å²) >= 11 is 0. The van der Waals surface area contributed by atoms with Gasteiger partial charge in [0.15, 0.2) is 0 Å².